The zero-order chi connectivity index (χ0) is 20.5. The molecule has 0 aliphatic carbocycles. The molecular formula is C21H26N2O5. The Morgan fingerprint density at radius 3 is 2.11 bits per heavy atom. The number of methoxy groups -OCH3 is 3. The Balaban J connectivity index is 2.01. The van der Waals surface area contributed by atoms with Gasteiger partial charge in [0.25, 0.3) is 5.91 Å². The zero-order valence-electron chi connectivity index (χ0n) is 16.9. The Morgan fingerprint density at radius 2 is 1.61 bits per heavy atom. The zero-order valence-corrected chi connectivity index (χ0v) is 16.9. The molecule has 0 saturated heterocycles. The summed E-state index contributed by atoms with van der Waals surface area (Å²) in [6.45, 7) is 3.72. The number of nitrogens with one attached hydrogen (secondary N) is 1. The van der Waals surface area contributed by atoms with Crippen molar-refractivity contribution in [2.24, 2.45) is 5.10 Å². The second kappa shape index (κ2) is 10.2. The number of ether oxygens (including phenoxy) is 4. The molecule has 0 spiro atoms. The molecule has 0 aliphatic rings. The van der Waals surface area contributed by atoms with Gasteiger partial charge in [0, 0.05) is 5.56 Å². The van der Waals surface area contributed by atoms with Crippen molar-refractivity contribution < 1.29 is 23.7 Å². The predicted octanol–water partition coefficient (Wildman–Crippen LogP) is 3.19. The number of hydrogen-bond donors (Lipinski definition) is 1. The van der Waals surface area contributed by atoms with Crippen molar-refractivity contribution in [1.82, 2.24) is 5.43 Å². The van der Waals surface area contributed by atoms with Crippen LogP contribution in [0.3, 0.4) is 0 Å². The molecule has 0 bridgehead atoms. The summed E-state index contributed by atoms with van der Waals surface area (Å²) in [5.41, 5.74) is 5.01. The summed E-state index contributed by atoms with van der Waals surface area (Å²) in [5.74, 6) is 1.80. The molecule has 7 nitrogen and oxygen atoms in total. The lowest BCUT2D eigenvalue weighted by Crippen LogP contribution is -2.25. The van der Waals surface area contributed by atoms with Gasteiger partial charge in [-0.1, -0.05) is 19.1 Å². The molecule has 7 heteroatoms. The Bertz CT molecular complexity index is 806. The van der Waals surface area contributed by atoms with Gasteiger partial charge in [-0.3, -0.25) is 4.79 Å². The van der Waals surface area contributed by atoms with Crippen LogP contribution in [0.25, 0.3) is 0 Å². The van der Waals surface area contributed by atoms with Crippen molar-refractivity contribution in [2.45, 2.75) is 20.3 Å². The third kappa shape index (κ3) is 5.39. The maximum Gasteiger partial charge on any atom is 0.277 e. The van der Waals surface area contributed by atoms with Gasteiger partial charge in [0.05, 0.1) is 27.0 Å². The van der Waals surface area contributed by atoms with E-state index in [-0.39, 0.29) is 12.5 Å². The maximum atomic E-state index is 12.0. The van der Waals surface area contributed by atoms with Crippen LogP contribution in [0.1, 0.15) is 25.0 Å². The highest BCUT2D eigenvalue weighted by Gasteiger charge is 2.14. The molecule has 0 saturated carbocycles. The van der Waals surface area contributed by atoms with Crippen molar-refractivity contribution in [3.63, 3.8) is 0 Å². The van der Waals surface area contributed by atoms with Gasteiger partial charge in [0.2, 0.25) is 5.75 Å². The molecule has 2 aromatic carbocycles. The summed E-state index contributed by atoms with van der Waals surface area (Å²) in [7, 11) is 4.62. The molecule has 0 unspecified atom stereocenters. The van der Waals surface area contributed by atoms with Crippen molar-refractivity contribution in [3.8, 4) is 23.0 Å². The number of benzene rings is 2. The molecule has 0 radical (unpaired) electrons. The number of hydrazone groups is 1. The Labute approximate surface area is 165 Å². The molecule has 0 atom stereocenters. The Morgan fingerprint density at radius 1 is 1.00 bits per heavy atom. The monoisotopic (exact) mass is 386 g/mol. The molecule has 2 aromatic rings. The van der Waals surface area contributed by atoms with Gasteiger partial charge in [0.1, 0.15) is 5.75 Å². The largest absolute Gasteiger partial charge is 0.493 e. The van der Waals surface area contributed by atoms with Crippen LogP contribution in [0.15, 0.2) is 41.5 Å². The minimum absolute atomic E-state index is 0.127. The number of aryl methyl sites for hydroxylation is 1. The van der Waals surface area contributed by atoms with Crippen LogP contribution in [0.2, 0.25) is 0 Å². The third-order valence-corrected chi connectivity index (χ3v) is 4.13. The van der Waals surface area contributed by atoms with E-state index >= 15 is 0 Å². The van der Waals surface area contributed by atoms with E-state index in [0.717, 1.165) is 12.0 Å². The highest BCUT2D eigenvalue weighted by Crippen LogP contribution is 2.38. The maximum absolute atomic E-state index is 12.0. The molecule has 1 N–H and O–H groups in total. The molecule has 0 heterocycles. The number of carbonyl (C=O) groups is 1. The quantitative estimate of drug-likeness (QED) is 0.529. The first kappa shape index (κ1) is 21.1. The second-order valence-corrected chi connectivity index (χ2v) is 5.93. The summed E-state index contributed by atoms with van der Waals surface area (Å²) in [6, 6.07) is 11.2. The van der Waals surface area contributed by atoms with E-state index in [9.17, 15) is 4.79 Å². The first-order valence-electron chi connectivity index (χ1n) is 8.87. The number of carbonyl (C=O) groups excluding carboxylic acids is 1. The van der Waals surface area contributed by atoms with Crippen molar-refractivity contribution in [3.05, 3.63) is 47.5 Å². The van der Waals surface area contributed by atoms with Crippen LogP contribution in [-0.2, 0) is 11.2 Å². The third-order valence-electron chi connectivity index (χ3n) is 4.13. The van der Waals surface area contributed by atoms with Crippen LogP contribution >= 0.6 is 0 Å². The Kier molecular flexibility index (Phi) is 7.68. The van der Waals surface area contributed by atoms with Crippen molar-refractivity contribution in [1.29, 1.82) is 0 Å². The average Bonchev–Trinajstić information content (AvgIpc) is 2.74. The Hall–Kier alpha value is -3.22. The highest BCUT2D eigenvalue weighted by atomic mass is 16.5. The minimum atomic E-state index is -0.355. The number of nitrogens with zero attached hydrogens (tertiary/aromatic N) is 1. The average molecular weight is 386 g/mol. The van der Waals surface area contributed by atoms with Crippen LogP contribution < -0.4 is 24.4 Å². The van der Waals surface area contributed by atoms with Gasteiger partial charge in [-0.25, -0.2) is 5.43 Å². The van der Waals surface area contributed by atoms with Gasteiger partial charge in [-0.05, 0) is 43.2 Å². The number of amides is 1. The highest BCUT2D eigenvalue weighted by molar-refractivity contribution is 6.00. The SMILES string of the molecule is CCc1ccc(OCC(=O)N/N=C(\C)c2cc(OC)c(OC)c(OC)c2)cc1. The fraction of sp³-hybridized carbons (Fsp3) is 0.333. The molecule has 0 fully saturated rings. The summed E-state index contributed by atoms with van der Waals surface area (Å²) in [6.07, 6.45) is 0.954. The standard InChI is InChI=1S/C21H26N2O5/c1-6-15-7-9-17(10-8-15)28-13-20(24)23-22-14(2)16-11-18(25-3)21(27-5)19(12-16)26-4/h7-12H,6,13H2,1-5H3,(H,23,24)/b22-14+. The number of hydrogen-bond acceptors (Lipinski definition) is 6. The summed E-state index contributed by atoms with van der Waals surface area (Å²) < 4.78 is 21.4. The van der Waals surface area contributed by atoms with Gasteiger partial charge in [0.15, 0.2) is 18.1 Å². The molecule has 1 amide bonds. The van der Waals surface area contributed by atoms with E-state index in [1.807, 2.05) is 24.3 Å². The predicted molar refractivity (Wildman–Crippen MR) is 108 cm³/mol. The second-order valence-electron chi connectivity index (χ2n) is 5.93. The van der Waals surface area contributed by atoms with Gasteiger partial charge < -0.3 is 18.9 Å². The lowest BCUT2D eigenvalue weighted by atomic mass is 10.1. The van der Waals surface area contributed by atoms with E-state index < -0.39 is 0 Å². The van der Waals surface area contributed by atoms with Crippen molar-refractivity contribution >= 4 is 11.6 Å². The topological polar surface area (TPSA) is 78.4 Å². The summed E-state index contributed by atoms with van der Waals surface area (Å²) in [5, 5.41) is 4.13. The van der Waals surface area contributed by atoms with Crippen LogP contribution in [0.5, 0.6) is 23.0 Å². The van der Waals surface area contributed by atoms with Crippen LogP contribution in [0, 0.1) is 0 Å². The number of rotatable bonds is 9. The molecule has 150 valence electrons. The molecule has 0 aliphatic heterocycles. The first-order chi connectivity index (χ1) is 13.5. The van der Waals surface area contributed by atoms with E-state index in [0.29, 0.717) is 28.7 Å². The smallest absolute Gasteiger partial charge is 0.277 e. The van der Waals surface area contributed by atoms with Crippen molar-refractivity contribution in [2.75, 3.05) is 27.9 Å². The molecule has 0 aromatic heterocycles. The minimum Gasteiger partial charge on any atom is -0.493 e. The summed E-state index contributed by atoms with van der Waals surface area (Å²) >= 11 is 0. The van der Waals surface area contributed by atoms with E-state index in [2.05, 4.69) is 17.5 Å². The van der Waals surface area contributed by atoms with Crippen LogP contribution in [0.4, 0.5) is 0 Å². The fourth-order valence-electron chi connectivity index (χ4n) is 2.50. The lowest BCUT2D eigenvalue weighted by Gasteiger charge is -2.14. The van der Waals surface area contributed by atoms with Gasteiger partial charge in [-0.15, -0.1) is 0 Å². The van der Waals surface area contributed by atoms with E-state index in [4.69, 9.17) is 18.9 Å². The van der Waals surface area contributed by atoms with E-state index in [1.54, 1.807) is 33.3 Å². The van der Waals surface area contributed by atoms with Crippen LogP contribution in [-0.4, -0.2) is 39.6 Å². The normalized spacial score (nSPS) is 11.0. The van der Waals surface area contributed by atoms with Gasteiger partial charge in [-0.2, -0.15) is 5.10 Å². The summed E-state index contributed by atoms with van der Waals surface area (Å²) in [4.78, 5) is 12.0. The molecule has 28 heavy (non-hydrogen) atoms. The lowest BCUT2D eigenvalue weighted by molar-refractivity contribution is -0.123. The molecule has 2 rings (SSSR count). The molecular weight excluding hydrogens is 360 g/mol. The van der Waals surface area contributed by atoms with E-state index in [1.165, 1.54) is 12.7 Å². The fourth-order valence-corrected chi connectivity index (χ4v) is 2.50. The first-order valence-corrected chi connectivity index (χ1v) is 8.87. The van der Waals surface area contributed by atoms with Gasteiger partial charge >= 0.3 is 0 Å².